The largest absolute Gasteiger partial charge is 0.478 e. The fraction of sp³-hybridized carbons (Fsp3) is 0.211. The first kappa shape index (κ1) is 19.3. The van der Waals surface area contributed by atoms with Crippen LogP contribution in [0.1, 0.15) is 30.0 Å². The van der Waals surface area contributed by atoms with Crippen molar-refractivity contribution in [3.05, 3.63) is 52.3 Å². The van der Waals surface area contributed by atoms with E-state index in [9.17, 15) is 14.9 Å². The molecule has 0 fully saturated rings. The lowest BCUT2D eigenvalue weighted by Crippen LogP contribution is -2.31. The topological polar surface area (TPSA) is 94.5 Å². The Kier molecular flexibility index (Phi) is 6.21. The molecule has 7 heteroatoms. The first-order valence-electron chi connectivity index (χ1n) is 7.95. The van der Waals surface area contributed by atoms with Gasteiger partial charge in [0.2, 0.25) is 0 Å². The highest BCUT2D eigenvalue weighted by Gasteiger charge is 2.17. The van der Waals surface area contributed by atoms with Crippen LogP contribution in [0.2, 0.25) is 5.02 Å². The third-order valence-corrected chi connectivity index (χ3v) is 4.12. The molecule has 1 aromatic carbocycles. The van der Waals surface area contributed by atoms with Crippen LogP contribution in [0.15, 0.2) is 40.3 Å². The van der Waals surface area contributed by atoms with Crippen molar-refractivity contribution in [3.8, 4) is 17.4 Å². The smallest absolute Gasteiger partial charge is 0.335 e. The average molecular weight is 373 g/mol. The van der Waals surface area contributed by atoms with Crippen LogP contribution in [0.4, 0.5) is 0 Å². The summed E-state index contributed by atoms with van der Waals surface area (Å²) in [7, 11) is 0. The zero-order chi connectivity index (χ0) is 19.3. The first-order chi connectivity index (χ1) is 12.4. The third kappa shape index (κ3) is 4.13. The SMILES string of the molecule is CCN(CC)C(=O)/C(C#N)=C\c1ccc(-c2cc(C(=O)O)ccc2Cl)o1. The van der Waals surface area contributed by atoms with Crippen molar-refractivity contribution in [1.29, 1.82) is 5.26 Å². The Labute approximate surface area is 155 Å². The van der Waals surface area contributed by atoms with Crippen LogP contribution in [0.5, 0.6) is 0 Å². The average Bonchev–Trinajstić information content (AvgIpc) is 3.09. The van der Waals surface area contributed by atoms with Crippen molar-refractivity contribution in [1.82, 2.24) is 4.90 Å². The molecule has 6 nitrogen and oxygen atoms in total. The van der Waals surface area contributed by atoms with E-state index in [1.165, 1.54) is 29.2 Å². The number of hydrogen-bond acceptors (Lipinski definition) is 4. The van der Waals surface area contributed by atoms with E-state index >= 15 is 0 Å². The monoisotopic (exact) mass is 372 g/mol. The minimum atomic E-state index is -1.08. The molecule has 0 bridgehead atoms. The Morgan fingerprint density at radius 2 is 1.96 bits per heavy atom. The standard InChI is InChI=1S/C19H17ClN2O4/c1-3-22(4-2)18(23)13(11-21)9-14-6-8-17(26-14)15-10-12(19(24)25)5-7-16(15)20/h5-10H,3-4H2,1-2H3,(H,24,25)/b13-9-. The maximum Gasteiger partial charge on any atom is 0.335 e. The predicted molar refractivity (Wildman–Crippen MR) is 97.6 cm³/mol. The number of hydrogen-bond donors (Lipinski definition) is 1. The fourth-order valence-corrected chi connectivity index (χ4v) is 2.60. The van der Waals surface area contributed by atoms with Gasteiger partial charge in [-0.1, -0.05) is 11.6 Å². The van der Waals surface area contributed by atoms with E-state index < -0.39 is 5.97 Å². The zero-order valence-corrected chi connectivity index (χ0v) is 15.1. The van der Waals surface area contributed by atoms with Crippen molar-refractivity contribution >= 4 is 29.6 Å². The summed E-state index contributed by atoms with van der Waals surface area (Å²) in [6.07, 6.45) is 1.36. The van der Waals surface area contributed by atoms with Crippen LogP contribution < -0.4 is 0 Å². The van der Waals surface area contributed by atoms with Crippen LogP contribution in [-0.4, -0.2) is 35.0 Å². The molecule has 0 spiro atoms. The number of benzene rings is 1. The molecular weight excluding hydrogens is 356 g/mol. The molecule has 0 atom stereocenters. The van der Waals surface area contributed by atoms with E-state index in [0.29, 0.717) is 35.2 Å². The lowest BCUT2D eigenvalue weighted by molar-refractivity contribution is -0.126. The minimum Gasteiger partial charge on any atom is -0.478 e. The van der Waals surface area contributed by atoms with Gasteiger partial charge in [0.25, 0.3) is 5.91 Å². The number of nitriles is 1. The van der Waals surface area contributed by atoms with Crippen molar-refractivity contribution in [3.63, 3.8) is 0 Å². The van der Waals surface area contributed by atoms with E-state index in [1.54, 1.807) is 12.1 Å². The van der Waals surface area contributed by atoms with Gasteiger partial charge in [-0.3, -0.25) is 4.79 Å². The molecule has 0 saturated carbocycles. The molecule has 0 saturated heterocycles. The quantitative estimate of drug-likeness (QED) is 0.609. The number of nitrogens with zero attached hydrogens (tertiary/aromatic N) is 2. The molecule has 1 amide bonds. The highest BCUT2D eigenvalue weighted by molar-refractivity contribution is 6.33. The van der Waals surface area contributed by atoms with Gasteiger partial charge in [-0.05, 0) is 44.2 Å². The summed E-state index contributed by atoms with van der Waals surface area (Å²) in [5.41, 5.74) is 0.451. The Morgan fingerprint density at radius 1 is 1.27 bits per heavy atom. The van der Waals surface area contributed by atoms with Gasteiger partial charge in [-0.2, -0.15) is 5.26 Å². The number of halogens is 1. The lowest BCUT2D eigenvalue weighted by Gasteiger charge is -2.17. The molecule has 1 N–H and O–H groups in total. The van der Waals surface area contributed by atoms with Crippen LogP contribution in [0.25, 0.3) is 17.4 Å². The van der Waals surface area contributed by atoms with E-state index in [0.717, 1.165) is 0 Å². The summed E-state index contributed by atoms with van der Waals surface area (Å²) in [6.45, 7) is 4.66. The van der Waals surface area contributed by atoms with Gasteiger partial charge >= 0.3 is 5.97 Å². The molecule has 0 aliphatic rings. The molecule has 0 radical (unpaired) electrons. The number of carbonyl (C=O) groups excluding carboxylic acids is 1. The summed E-state index contributed by atoms with van der Waals surface area (Å²) in [5, 5.41) is 18.7. The Balaban J connectivity index is 2.38. The third-order valence-electron chi connectivity index (χ3n) is 3.79. The molecule has 2 aromatic rings. The van der Waals surface area contributed by atoms with Crippen LogP contribution in [-0.2, 0) is 4.79 Å². The predicted octanol–water partition coefficient (Wildman–Crippen LogP) is 4.07. The normalized spacial score (nSPS) is 11.1. The van der Waals surface area contributed by atoms with E-state index in [-0.39, 0.29) is 17.0 Å². The second-order valence-electron chi connectivity index (χ2n) is 5.35. The number of carbonyl (C=O) groups is 2. The van der Waals surface area contributed by atoms with Crippen LogP contribution in [0.3, 0.4) is 0 Å². The fourth-order valence-electron chi connectivity index (χ4n) is 2.39. The van der Waals surface area contributed by atoms with E-state index in [1.807, 2.05) is 19.9 Å². The van der Waals surface area contributed by atoms with Crippen molar-refractivity contribution in [2.24, 2.45) is 0 Å². The Hall–Kier alpha value is -3.04. The first-order valence-corrected chi connectivity index (χ1v) is 8.33. The summed E-state index contributed by atoms with van der Waals surface area (Å²) in [5.74, 6) is -0.807. The lowest BCUT2D eigenvalue weighted by atomic mass is 10.1. The van der Waals surface area contributed by atoms with Gasteiger partial charge in [0.15, 0.2) is 0 Å². The van der Waals surface area contributed by atoms with Gasteiger partial charge in [0.1, 0.15) is 23.2 Å². The maximum atomic E-state index is 12.3. The molecule has 2 rings (SSSR count). The summed E-state index contributed by atoms with van der Waals surface area (Å²) in [6, 6.07) is 9.36. The molecule has 0 aliphatic heterocycles. The second-order valence-corrected chi connectivity index (χ2v) is 5.76. The van der Waals surface area contributed by atoms with Crippen LogP contribution >= 0.6 is 11.6 Å². The number of carboxylic acids is 1. The highest BCUT2D eigenvalue weighted by atomic mass is 35.5. The van der Waals surface area contributed by atoms with Gasteiger partial charge < -0.3 is 14.4 Å². The van der Waals surface area contributed by atoms with Gasteiger partial charge in [-0.25, -0.2) is 4.79 Å². The number of likely N-dealkylation sites (N-methyl/N-ethyl adjacent to an activating group) is 1. The highest BCUT2D eigenvalue weighted by Crippen LogP contribution is 2.31. The van der Waals surface area contributed by atoms with Crippen LogP contribution in [0, 0.1) is 11.3 Å². The molecule has 0 unspecified atom stereocenters. The maximum absolute atomic E-state index is 12.3. The minimum absolute atomic E-state index is 0.0417. The number of furan rings is 1. The number of amides is 1. The second kappa shape index (κ2) is 8.37. The van der Waals surface area contributed by atoms with Crippen molar-refractivity contribution in [2.45, 2.75) is 13.8 Å². The Morgan fingerprint density at radius 3 is 2.54 bits per heavy atom. The van der Waals surface area contributed by atoms with E-state index in [2.05, 4.69) is 0 Å². The summed E-state index contributed by atoms with van der Waals surface area (Å²) in [4.78, 5) is 25.0. The molecule has 134 valence electrons. The molecular formula is C19H17ClN2O4. The van der Waals surface area contributed by atoms with Crippen molar-refractivity contribution < 1.29 is 19.1 Å². The summed E-state index contributed by atoms with van der Waals surface area (Å²) < 4.78 is 5.64. The Bertz CT molecular complexity index is 905. The van der Waals surface area contributed by atoms with E-state index in [4.69, 9.17) is 21.1 Å². The molecule has 1 heterocycles. The molecule has 26 heavy (non-hydrogen) atoms. The number of aromatic carboxylic acids is 1. The number of rotatable bonds is 6. The summed E-state index contributed by atoms with van der Waals surface area (Å²) >= 11 is 6.13. The number of carboxylic acid groups (broad SMARTS) is 1. The zero-order valence-electron chi connectivity index (χ0n) is 14.3. The molecule has 0 aliphatic carbocycles. The van der Waals surface area contributed by atoms with Crippen molar-refractivity contribution in [2.75, 3.05) is 13.1 Å². The van der Waals surface area contributed by atoms with Gasteiger partial charge in [0.05, 0.1) is 10.6 Å². The van der Waals surface area contributed by atoms with Gasteiger partial charge in [-0.15, -0.1) is 0 Å². The van der Waals surface area contributed by atoms with Gasteiger partial charge in [0, 0.05) is 24.7 Å². The molecule has 1 aromatic heterocycles.